The number of aromatic hydroxyl groups is 1. The fourth-order valence-electron chi connectivity index (χ4n) is 2.98. The minimum Gasteiger partial charge on any atom is -0.507 e. The van der Waals surface area contributed by atoms with E-state index in [0.29, 0.717) is 11.4 Å². The van der Waals surface area contributed by atoms with E-state index in [0.717, 1.165) is 57.1 Å². The molecule has 35 heavy (non-hydrogen) atoms. The van der Waals surface area contributed by atoms with Gasteiger partial charge in [0, 0.05) is 5.69 Å². The highest BCUT2D eigenvalue weighted by Crippen LogP contribution is 2.21. The molecule has 1 aromatic carbocycles. The van der Waals surface area contributed by atoms with Gasteiger partial charge in [-0.05, 0) is 75.3 Å². The third-order valence-corrected chi connectivity index (χ3v) is 5.85. The Hall–Kier alpha value is -2.99. The van der Waals surface area contributed by atoms with Gasteiger partial charge in [0.1, 0.15) is 11.3 Å². The largest absolute Gasteiger partial charge is 0.507 e. The summed E-state index contributed by atoms with van der Waals surface area (Å²) >= 11 is 1.56. The first-order valence-corrected chi connectivity index (χ1v) is 13.4. The molecule has 5 nitrogen and oxygen atoms in total. The van der Waals surface area contributed by atoms with Crippen molar-refractivity contribution in [2.24, 2.45) is 0 Å². The molecule has 190 valence electrons. The molecule has 0 aromatic heterocycles. The van der Waals surface area contributed by atoms with E-state index in [4.69, 9.17) is 5.11 Å². The summed E-state index contributed by atoms with van der Waals surface area (Å²) < 4.78 is 0. The second kappa shape index (κ2) is 20.4. The summed E-state index contributed by atoms with van der Waals surface area (Å²) in [6.07, 6.45) is 30.1. The van der Waals surface area contributed by atoms with Crippen molar-refractivity contribution in [2.75, 3.05) is 16.8 Å². The number of hydrogen-bond donors (Lipinski definition) is 3. The first kappa shape index (κ1) is 30.0. The fourth-order valence-corrected chi connectivity index (χ4v) is 3.79. The van der Waals surface area contributed by atoms with Gasteiger partial charge in [-0.1, -0.05) is 67.7 Å². The minimum atomic E-state index is -1.24. The Bertz CT molecular complexity index is 900. The summed E-state index contributed by atoms with van der Waals surface area (Å²) in [6, 6.07) is 4.00. The molecule has 0 aliphatic carbocycles. The number of allylic oxidation sites excluding steroid dienone is 10. The predicted octanol–water partition coefficient (Wildman–Crippen LogP) is 7.68. The fraction of sp³-hybridized carbons (Fsp3) is 0.379. The standard InChI is InChI=1S/C29H39NO4S/c1-2-3-4-5-6-7-8-9-10-11-12-13-14-15-16-17-18-19-22-35-24-28(32)30-25-20-21-27(31)26(23-25)29(33)34/h3-4,6-7,9-10,12-13,15-16,20-21,23,31H,2,5,8,11,14,17-19,22,24H2,1H3,(H,30,32)(H,33,34). The van der Waals surface area contributed by atoms with Gasteiger partial charge >= 0.3 is 5.97 Å². The highest BCUT2D eigenvalue weighted by atomic mass is 32.2. The Morgan fingerprint density at radius 3 is 2.00 bits per heavy atom. The number of rotatable bonds is 18. The number of carboxylic acid groups (broad SMARTS) is 1. The summed E-state index contributed by atoms with van der Waals surface area (Å²) in [6.45, 7) is 2.14. The van der Waals surface area contributed by atoms with Gasteiger partial charge in [-0.3, -0.25) is 4.79 Å². The lowest BCUT2D eigenvalue weighted by atomic mass is 10.2. The Balaban J connectivity index is 2.01. The zero-order chi connectivity index (χ0) is 25.6. The molecule has 0 bridgehead atoms. The molecule has 0 atom stereocenters. The summed E-state index contributed by atoms with van der Waals surface area (Å²) in [5.74, 6) is -0.535. The Labute approximate surface area is 214 Å². The van der Waals surface area contributed by atoms with E-state index in [9.17, 15) is 14.7 Å². The molecule has 0 aliphatic heterocycles. The van der Waals surface area contributed by atoms with E-state index in [2.05, 4.69) is 73.0 Å². The van der Waals surface area contributed by atoms with Crippen LogP contribution in [0.4, 0.5) is 5.69 Å². The lowest BCUT2D eigenvalue weighted by Crippen LogP contribution is -2.14. The van der Waals surface area contributed by atoms with Crippen molar-refractivity contribution in [3.63, 3.8) is 0 Å². The molecule has 6 heteroatoms. The number of thioether (sulfide) groups is 1. The molecule has 0 radical (unpaired) electrons. The maximum absolute atomic E-state index is 12.0. The molecule has 0 fully saturated rings. The van der Waals surface area contributed by atoms with E-state index in [1.165, 1.54) is 18.2 Å². The van der Waals surface area contributed by atoms with Crippen LogP contribution in [0.25, 0.3) is 0 Å². The highest BCUT2D eigenvalue weighted by Gasteiger charge is 2.11. The average molecular weight is 498 g/mol. The van der Waals surface area contributed by atoms with Gasteiger partial charge in [-0.15, -0.1) is 0 Å². The maximum Gasteiger partial charge on any atom is 0.339 e. The maximum atomic E-state index is 12.0. The Morgan fingerprint density at radius 2 is 1.43 bits per heavy atom. The van der Waals surface area contributed by atoms with Gasteiger partial charge in [0.05, 0.1) is 5.75 Å². The molecule has 1 rings (SSSR count). The van der Waals surface area contributed by atoms with Crippen LogP contribution in [0.2, 0.25) is 0 Å². The van der Waals surface area contributed by atoms with Gasteiger partial charge in [-0.2, -0.15) is 11.8 Å². The third kappa shape index (κ3) is 16.3. The summed E-state index contributed by atoms with van der Waals surface area (Å²) in [5, 5.41) is 21.2. The van der Waals surface area contributed by atoms with E-state index in [1.807, 2.05) is 0 Å². The minimum absolute atomic E-state index is 0.185. The van der Waals surface area contributed by atoms with Crippen LogP contribution in [0.5, 0.6) is 5.75 Å². The number of nitrogens with one attached hydrogen (secondary N) is 1. The van der Waals surface area contributed by atoms with Crippen LogP contribution < -0.4 is 5.32 Å². The predicted molar refractivity (Wildman–Crippen MR) is 149 cm³/mol. The number of unbranched alkanes of at least 4 members (excludes halogenated alkanes) is 2. The highest BCUT2D eigenvalue weighted by molar-refractivity contribution is 7.99. The van der Waals surface area contributed by atoms with Crippen molar-refractivity contribution in [2.45, 2.75) is 58.3 Å². The molecule has 1 aromatic rings. The summed E-state index contributed by atoms with van der Waals surface area (Å²) in [5.41, 5.74) is 0.134. The zero-order valence-corrected chi connectivity index (χ0v) is 21.5. The molecule has 0 saturated heterocycles. The van der Waals surface area contributed by atoms with E-state index < -0.39 is 5.97 Å². The molecular weight excluding hydrogens is 458 g/mol. The van der Waals surface area contributed by atoms with Crippen molar-refractivity contribution in [3.8, 4) is 5.75 Å². The number of carbonyl (C=O) groups is 2. The molecule has 0 saturated carbocycles. The number of aromatic carboxylic acids is 1. The van der Waals surface area contributed by atoms with E-state index in [1.54, 1.807) is 11.8 Å². The van der Waals surface area contributed by atoms with Crippen LogP contribution in [-0.4, -0.2) is 33.6 Å². The molecule has 1 amide bonds. The van der Waals surface area contributed by atoms with Crippen LogP contribution in [0.1, 0.15) is 68.6 Å². The summed E-state index contributed by atoms with van der Waals surface area (Å²) in [7, 11) is 0. The van der Waals surface area contributed by atoms with Gasteiger partial charge < -0.3 is 15.5 Å². The van der Waals surface area contributed by atoms with Crippen LogP contribution >= 0.6 is 11.8 Å². The Morgan fingerprint density at radius 1 is 0.857 bits per heavy atom. The topological polar surface area (TPSA) is 86.6 Å². The van der Waals surface area contributed by atoms with Crippen molar-refractivity contribution < 1.29 is 19.8 Å². The lowest BCUT2D eigenvalue weighted by Gasteiger charge is -2.07. The smallest absolute Gasteiger partial charge is 0.339 e. The molecule has 0 unspecified atom stereocenters. The first-order chi connectivity index (χ1) is 17.0. The van der Waals surface area contributed by atoms with Gasteiger partial charge in [0.25, 0.3) is 0 Å². The number of anilines is 1. The van der Waals surface area contributed by atoms with Crippen LogP contribution in [0.3, 0.4) is 0 Å². The molecule has 0 heterocycles. The van der Waals surface area contributed by atoms with Gasteiger partial charge in [-0.25, -0.2) is 4.79 Å². The zero-order valence-electron chi connectivity index (χ0n) is 20.7. The first-order valence-electron chi connectivity index (χ1n) is 12.2. The number of amides is 1. The van der Waals surface area contributed by atoms with Crippen molar-refractivity contribution >= 4 is 29.3 Å². The molecular formula is C29H39NO4S. The quantitative estimate of drug-likeness (QED) is 0.110. The van der Waals surface area contributed by atoms with Crippen molar-refractivity contribution in [1.82, 2.24) is 0 Å². The molecule has 0 spiro atoms. The number of benzene rings is 1. The lowest BCUT2D eigenvalue weighted by molar-refractivity contribution is -0.113. The van der Waals surface area contributed by atoms with E-state index >= 15 is 0 Å². The Kier molecular flexibility index (Phi) is 17.5. The monoisotopic (exact) mass is 497 g/mol. The van der Waals surface area contributed by atoms with Crippen LogP contribution in [0.15, 0.2) is 79.0 Å². The normalized spacial score (nSPS) is 12.1. The average Bonchev–Trinajstić information content (AvgIpc) is 2.83. The second-order valence-electron chi connectivity index (χ2n) is 7.84. The SMILES string of the molecule is CCC=CCC=CCC=CCC=CCC=CCCCCSCC(=O)Nc1ccc(O)c(C(=O)O)c1. The van der Waals surface area contributed by atoms with Gasteiger partial charge in [0.15, 0.2) is 0 Å². The second-order valence-corrected chi connectivity index (χ2v) is 8.95. The van der Waals surface area contributed by atoms with Crippen LogP contribution in [-0.2, 0) is 4.79 Å². The summed E-state index contributed by atoms with van der Waals surface area (Å²) in [4.78, 5) is 23.0. The van der Waals surface area contributed by atoms with Gasteiger partial charge in [0.2, 0.25) is 5.91 Å². The number of hydrogen-bond acceptors (Lipinski definition) is 4. The van der Waals surface area contributed by atoms with E-state index in [-0.39, 0.29) is 17.2 Å². The number of phenols is 1. The number of carboxylic acids is 1. The van der Waals surface area contributed by atoms with Crippen LogP contribution in [0, 0.1) is 0 Å². The van der Waals surface area contributed by atoms with Crippen molar-refractivity contribution in [1.29, 1.82) is 0 Å². The van der Waals surface area contributed by atoms with Crippen molar-refractivity contribution in [3.05, 3.63) is 84.5 Å². The third-order valence-electron chi connectivity index (χ3n) is 4.81. The number of carbonyl (C=O) groups excluding carboxylic acids is 1. The molecule has 0 aliphatic rings. The molecule has 3 N–H and O–H groups in total.